The first kappa shape index (κ1) is 10.2. The second kappa shape index (κ2) is 4.13. The fraction of sp³-hybridized carbons (Fsp3) is 0.200. The van der Waals surface area contributed by atoms with Gasteiger partial charge in [0.2, 0.25) is 0 Å². The highest BCUT2D eigenvalue weighted by Crippen LogP contribution is 2.37. The molecule has 0 fully saturated rings. The van der Waals surface area contributed by atoms with Crippen LogP contribution in [0.3, 0.4) is 0 Å². The van der Waals surface area contributed by atoms with E-state index in [1.807, 2.05) is 7.05 Å². The Morgan fingerprint density at radius 2 is 2.00 bits per heavy atom. The largest absolute Gasteiger partial charge is 0.492 e. The number of hydrogen-bond donors (Lipinski definition) is 1. The second-order valence-electron chi connectivity index (χ2n) is 4.22. The van der Waals surface area contributed by atoms with Crippen LogP contribution in [0, 0.1) is 0 Å². The Hall–Kier alpha value is -1.96. The van der Waals surface area contributed by atoms with Gasteiger partial charge >= 0.3 is 0 Å². The van der Waals surface area contributed by atoms with Gasteiger partial charge in [-0.3, -0.25) is 0 Å². The van der Waals surface area contributed by atoms with Gasteiger partial charge in [-0.1, -0.05) is 30.3 Å². The SMILES string of the molecule is CNc1cccc(-c2cccc3c2OCC3)c1. The molecule has 0 saturated heterocycles. The number of benzene rings is 2. The zero-order valence-electron chi connectivity index (χ0n) is 9.86. The maximum absolute atomic E-state index is 5.74. The highest BCUT2D eigenvalue weighted by atomic mass is 16.5. The van der Waals surface area contributed by atoms with Gasteiger partial charge < -0.3 is 10.1 Å². The minimum Gasteiger partial charge on any atom is -0.492 e. The highest BCUT2D eigenvalue weighted by molar-refractivity contribution is 5.75. The molecule has 0 radical (unpaired) electrons. The van der Waals surface area contributed by atoms with Crippen molar-refractivity contribution >= 4 is 5.69 Å². The molecule has 2 aromatic rings. The minimum absolute atomic E-state index is 0.804. The molecule has 0 unspecified atom stereocenters. The van der Waals surface area contributed by atoms with Gasteiger partial charge in [0.05, 0.1) is 6.61 Å². The van der Waals surface area contributed by atoms with Gasteiger partial charge in [-0.25, -0.2) is 0 Å². The average molecular weight is 225 g/mol. The summed E-state index contributed by atoms with van der Waals surface area (Å²) in [4.78, 5) is 0. The predicted molar refractivity (Wildman–Crippen MR) is 70.6 cm³/mol. The third-order valence-corrected chi connectivity index (χ3v) is 3.18. The monoisotopic (exact) mass is 225 g/mol. The molecule has 0 bridgehead atoms. The van der Waals surface area contributed by atoms with Crippen LogP contribution < -0.4 is 10.1 Å². The fourth-order valence-corrected chi connectivity index (χ4v) is 2.28. The van der Waals surface area contributed by atoms with E-state index >= 15 is 0 Å². The summed E-state index contributed by atoms with van der Waals surface area (Å²) >= 11 is 0. The van der Waals surface area contributed by atoms with Gasteiger partial charge in [0.25, 0.3) is 0 Å². The van der Waals surface area contributed by atoms with Gasteiger partial charge in [-0.15, -0.1) is 0 Å². The Morgan fingerprint density at radius 3 is 2.88 bits per heavy atom. The van der Waals surface area contributed by atoms with E-state index in [0.717, 1.165) is 24.5 Å². The van der Waals surface area contributed by atoms with Crippen LogP contribution in [0.25, 0.3) is 11.1 Å². The Kier molecular flexibility index (Phi) is 2.48. The molecule has 1 aliphatic heterocycles. The number of nitrogens with one attached hydrogen (secondary N) is 1. The third-order valence-electron chi connectivity index (χ3n) is 3.18. The molecular formula is C15H15NO. The van der Waals surface area contributed by atoms with Gasteiger partial charge in [-0.2, -0.15) is 0 Å². The zero-order chi connectivity index (χ0) is 11.7. The number of hydrogen-bond acceptors (Lipinski definition) is 2. The van der Waals surface area contributed by atoms with E-state index in [-0.39, 0.29) is 0 Å². The summed E-state index contributed by atoms with van der Waals surface area (Å²) in [5.74, 6) is 1.06. The Bertz CT molecular complexity index is 548. The molecule has 0 aromatic heterocycles. The van der Waals surface area contributed by atoms with Crippen molar-refractivity contribution < 1.29 is 4.74 Å². The molecule has 0 atom stereocenters. The lowest BCUT2D eigenvalue weighted by atomic mass is 10.0. The summed E-state index contributed by atoms with van der Waals surface area (Å²) in [6.07, 6.45) is 1.02. The number of anilines is 1. The van der Waals surface area contributed by atoms with Crippen LogP contribution >= 0.6 is 0 Å². The lowest BCUT2D eigenvalue weighted by molar-refractivity contribution is 0.358. The van der Waals surface area contributed by atoms with Gasteiger partial charge in [0.15, 0.2) is 0 Å². The number of fused-ring (bicyclic) bond motifs is 1. The summed E-state index contributed by atoms with van der Waals surface area (Å²) in [6.45, 7) is 0.804. The van der Waals surface area contributed by atoms with E-state index in [1.165, 1.54) is 16.7 Å². The van der Waals surface area contributed by atoms with E-state index in [4.69, 9.17) is 4.74 Å². The summed E-state index contributed by atoms with van der Waals surface area (Å²) in [6, 6.07) is 14.8. The van der Waals surface area contributed by atoms with Gasteiger partial charge in [0.1, 0.15) is 5.75 Å². The first-order valence-corrected chi connectivity index (χ1v) is 5.91. The average Bonchev–Trinajstić information content (AvgIpc) is 2.87. The van der Waals surface area contributed by atoms with Crippen molar-refractivity contribution in [1.82, 2.24) is 0 Å². The summed E-state index contributed by atoms with van der Waals surface area (Å²) in [5.41, 5.74) is 4.84. The highest BCUT2D eigenvalue weighted by Gasteiger charge is 2.16. The summed E-state index contributed by atoms with van der Waals surface area (Å²) < 4.78 is 5.74. The molecule has 1 heterocycles. The minimum atomic E-state index is 0.804. The second-order valence-corrected chi connectivity index (χ2v) is 4.22. The molecular weight excluding hydrogens is 210 g/mol. The predicted octanol–water partition coefficient (Wildman–Crippen LogP) is 3.33. The number of rotatable bonds is 2. The van der Waals surface area contributed by atoms with E-state index in [0.29, 0.717) is 0 Å². The van der Waals surface area contributed by atoms with Crippen LogP contribution in [0.15, 0.2) is 42.5 Å². The maximum Gasteiger partial charge on any atom is 0.130 e. The molecule has 0 saturated carbocycles. The van der Waals surface area contributed by atoms with E-state index in [2.05, 4.69) is 47.8 Å². The molecule has 1 N–H and O–H groups in total. The molecule has 0 spiro atoms. The fourth-order valence-electron chi connectivity index (χ4n) is 2.28. The van der Waals surface area contributed by atoms with E-state index < -0.39 is 0 Å². The maximum atomic E-state index is 5.74. The van der Waals surface area contributed by atoms with Gasteiger partial charge in [-0.05, 0) is 23.3 Å². The molecule has 17 heavy (non-hydrogen) atoms. The molecule has 2 nitrogen and oxygen atoms in total. The smallest absolute Gasteiger partial charge is 0.130 e. The standard InChI is InChI=1S/C15H15NO/c1-16-13-6-2-5-12(10-13)14-7-3-4-11-8-9-17-15(11)14/h2-7,10,16H,8-9H2,1H3. The number of para-hydroxylation sites is 1. The van der Waals surface area contributed by atoms with Crippen LogP contribution in [0.4, 0.5) is 5.69 Å². The van der Waals surface area contributed by atoms with Crippen molar-refractivity contribution in [3.63, 3.8) is 0 Å². The molecule has 0 aliphatic carbocycles. The Morgan fingerprint density at radius 1 is 1.12 bits per heavy atom. The first-order chi connectivity index (χ1) is 8.38. The van der Waals surface area contributed by atoms with Crippen LogP contribution in [-0.2, 0) is 6.42 Å². The van der Waals surface area contributed by atoms with E-state index in [1.54, 1.807) is 0 Å². The zero-order valence-corrected chi connectivity index (χ0v) is 9.86. The molecule has 2 aromatic carbocycles. The van der Waals surface area contributed by atoms with Crippen molar-refractivity contribution in [2.45, 2.75) is 6.42 Å². The molecule has 2 heteroatoms. The van der Waals surface area contributed by atoms with Crippen molar-refractivity contribution in [3.05, 3.63) is 48.0 Å². The van der Waals surface area contributed by atoms with Crippen LogP contribution in [-0.4, -0.2) is 13.7 Å². The van der Waals surface area contributed by atoms with Crippen LogP contribution in [0.5, 0.6) is 5.75 Å². The molecule has 86 valence electrons. The molecule has 3 rings (SSSR count). The van der Waals surface area contributed by atoms with Crippen molar-refractivity contribution in [3.8, 4) is 16.9 Å². The molecule has 1 aliphatic rings. The van der Waals surface area contributed by atoms with Gasteiger partial charge in [0, 0.05) is 24.7 Å². The van der Waals surface area contributed by atoms with Crippen LogP contribution in [0.1, 0.15) is 5.56 Å². The third kappa shape index (κ3) is 1.76. The lowest BCUT2D eigenvalue weighted by Gasteiger charge is -2.09. The topological polar surface area (TPSA) is 21.3 Å². The van der Waals surface area contributed by atoms with Crippen molar-refractivity contribution in [2.75, 3.05) is 19.0 Å². The quantitative estimate of drug-likeness (QED) is 0.846. The Labute approximate surface area is 101 Å². The lowest BCUT2D eigenvalue weighted by Crippen LogP contribution is -1.90. The Balaban J connectivity index is 2.12. The van der Waals surface area contributed by atoms with E-state index in [9.17, 15) is 0 Å². The van der Waals surface area contributed by atoms with Crippen molar-refractivity contribution in [2.24, 2.45) is 0 Å². The number of ether oxygens (including phenoxy) is 1. The summed E-state index contributed by atoms with van der Waals surface area (Å²) in [5, 5.41) is 3.16. The van der Waals surface area contributed by atoms with Crippen LogP contribution in [0.2, 0.25) is 0 Å². The van der Waals surface area contributed by atoms with Crippen molar-refractivity contribution in [1.29, 1.82) is 0 Å². The first-order valence-electron chi connectivity index (χ1n) is 5.91. The molecule has 0 amide bonds. The normalized spacial score (nSPS) is 13.0. The summed E-state index contributed by atoms with van der Waals surface area (Å²) in [7, 11) is 1.94.